The van der Waals surface area contributed by atoms with E-state index < -0.39 is 0 Å². The lowest BCUT2D eigenvalue weighted by molar-refractivity contribution is -0.140. The Morgan fingerprint density at radius 1 is 0.882 bits per heavy atom. The largest absolute Gasteiger partial charge is 0.343 e. The summed E-state index contributed by atoms with van der Waals surface area (Å²) in [6.45, 7) is 4.98. The van der Waals surface area contributed by atoms with E-state index in [4.69, 9.17) is 0 Å². The minimum absolute atomic E-state index is 0.133. The van der Waals surface area contributed by atoms with Crippen molar-refractivity contribution >= 4 is 11.8 Å². The fourth-order valence-corrected chi connectivity index (χ4v) is 2.81. The predicted molar refractivity (Wildman–Crippen MR) is 65.4 cm³/mol. The molecule has 0 aromatic carbocycles. The van der Waals surface area contributed by atoms with Crippen molar-refractivity contribution in [2.75, 3.05) is 26.2 Å². The summed E-state index contributed by atoms with van der Waals surface area (Å²) in [5.41, 5.74) is 0. The lowest BCUT2D eigenvalue weighted by Crippen LogP contribution is -2.45. The van der Waals surface area contributed by atoms with Crippen LogP contribution < -0.4 is 0 Å². The van der Waals surface area contributed by atoms with Gasteiger partial charge in [0, 0.05) is 39.0 Å². The minimum atomic E-state index is 0.133. The lowest BCUT2D eigenvalue weighted by Gasteiger charge is -2.35. The van der Waals surface area contributed by atoms with E-state index in [1.54, 1.807) is 6.92 Å². The summed E-state index contributed by atoms with van der Waals surface area (Å²) >= 11 is 0. The van der Waals surface area contributed by atoms with Gasteiger partial charge in [-0.1, -0.05) is 0 Å². The molecule has 96 valence electrons. The normalized spacial score (nSPS) is 22.6. The molecular formula is C13H22N2O2. The molecule has 0 unspecified atom stereocenters. The average molecular weight is 238 g/mol. The highest BCUT2D eigenvalue weighted by Gasteiger charge is 2.29. The van der Waals surface area contributed by atoms with Gasteiger partial charge in [-0.15, -0.1) is 0 Å². The highest BCUT2D eigenvalue weighted by molar-refractivity contribution is 5.79. The van der Waals surface area contributed by atoms with Crippen LogP contribution in [0.4, 0.5) is 0 Å². The molecule has 17 heavy (non-hydrogen) atoms. The third-order valence-electron chi connectivity index (χ3n) is 3.96. The molecule has 2 fully saturated rings. The second kappa shape index (κ2) is 5.52. The molecule has 2 aliphatic rings. The van der Waals surface area contributed by atoms with Gasteiger partial charge in [-0.05, 0) is 32.1 Å². The van der Waals surface area contributed by atoms with E-state index in [1.165, 1.54) is 6.42 Å². The first-order valence-electron chi connectivity index (χ1n) is 6.73. The number of carbonyl (C=O) groups is 2. The van der Waals surface area contributed by atoms with Crippen LogP contribution in [0, 0.1) is 5.92 Å². The van der Waals surface area contributed by atoms with Gasteiger partial charge in [-0.3, -0.25) is 9.59 Å². The van der Waals surface area contributed by atoms with Crippen LogP contribution >= 0.6 is 0 Å². The Kier molecular flexibility index (Phi) is 4.02. The summed E-state index contributed by atoms with van der Waals surface area (Å²) in [4.78, 5) is 27.3. The molecule has 0 spiro atoms. The number of likely N-dealkylation sites (tertiary alicyclic amines) is 2. The predicted octanol–water partition coefficient (Wildman–Crippen LogP) is 1.26. The van der Waals surface area contributed by atoms with Gasteiger partial charge in [-0.2, -0.15) is 0 Å². The van der Waals surface area contributed by atoms with E-state index in [-0.39, 0.29) is 11.8 Å². The van der Waals surface area contributed by atoms with Gasteiger partial charge >= 0.3 is 0 Å². The first-order valence-corrected chi connectivity index (χ1v) is 6.73. The Bertz CT molecular complexity index is 290. The molecule has 4 heteroatoms. The molecule has 2 heterocycles. The summed E-state index contributed by atoms with van der Waals surface area (Å²) in [6, 6.07) is 0. The van der Waals surface area contributed by atoms with Crippen LogP contribution in [0.3, 0.4) is 0 Å². The average Bonchev–Trinajstić information content (AvgIpc) is 2.39. The fraction of sp³-hybridized carbons (Fsp3) is 0.846. The zero-order chi connectivity index (χ0) is 12.3. The number of piperidine rings is 2. The molecule has 0 saturated carbocycles. The quantitative estimate of drug-likeness (QED) is 0.690. The van der Waals surface area contributed by atoms with E-state index in [0.717, 1.165) is 51.9 Å². The molecule has 2 saturated heterocycles. The molecule has 2 amide bonds. The van der Waals surface area contributed by atoms with Gasteiger partial charge in [0.2, 0.25) is 11.8 Å². The van der Waals surface area contributed by atoms with Gasteiger partial charge in [0.1, 0.15) is 0 Å². The number of amides is 2. The number of nitrogens with zero attached hydrogens (tertiary/aromatic N) is 2. The molecule has 2 aliphatic heterocycles. The van der Waals surface area contributed by atoms with Crippen molar-refractivity contribution in [3.05, 3.63) is 0 Å². The van der Waals surface area contributed by atoms with Crippen LogP contribution in [0.15, 0.2) is 0 Å². The smallest absolute Gasteiger partial charge is 0.225 e. The Labute approximate surface area is 103 Å². The summed E-state index contributed by atoms with van der Waals surface area (Å²) in [6.07, 6.45) is 5.24. The summed E-state index contributed by atoms with van der Waals surface area (Å²) in [5.74, 6) is 0.616. The van der Waals surface area contributed by atoms with Crippen molar-refractivity contribution < 1.29 is 9.59 Å². The maximum Gasteiger partial charge on any atom is 0.225 e. The monoisotopic (exact) mass is 238 g/mol. The van der Waals surface area contributed by atoms with Crippen LogP contribution in [0.5, 0.6) is 0 Å². The molecule has 0 N–H and O–H groups in total. The number of hydrogen-bond acceptors (Lipinski definition) is 2. The van der Waals surface area contributed by atoms with Crippen molar-refractivity contribution in [3.8, 4) is 0 Å². The Hall–Kier alpha value is -1.06. The van der Waals surface area contributed by atoms with Crippen LogP contribution in [0.25, 0.3) is 0 Å². The SMILES string of the molecule is CC(=O)N1CCC(C(=O)N2CCCCC2)CC1. The molecule has 0 atom stereocenters. The molecule has 0 bridgehead atoms. The summed E-state index contributed by atoms with van der Waals surface area (Å²) < 4.78 is 0. The zero-order valence-electron chi connectivity index (χ0n) is 10.7. The summed E-state index contributed by atoms with van der Waals surface area (Å²) in [7, 11) is 0. The van der Waals surface area contributed by atoms with Gasteiger partial charge in [0.15, 0.2) is 0 Å². The van der Waals surface area contributed by atoms with Gasteiger partial charge in [0.05, 0.1) is 0 Å². The molecule has 2 rings (SSSR count). The van der Waals surface area contributed by atoms with Crippen LogP contribution in [0.2, 0.25) is 0 Å². The molecule has 0 aliphatic carbocycles. The second-order valence-electron chi connectivity index (χ2n) is 5.17. The Balaban J connectivity index is 1.83. The van der Waals surface area contributed by atoms with Crippen molar-refractivity contribution in [2.45, 2.75) is 39.0 Å². The fourth-order valence-electron chi connectivity index (χ4n) is 2.81. The first kappa shape index (κ1) is 12.4. The third kappa shape index (κ3) is 2.99. The first-order chi connectivity index (χ1) is 8.18. The molecule has 0 aromatic heterocycles. The van der Waals surface area contributed by atoms with Crippen LogP contribution in [-0.4, -0.2) is 47.8 Å². The topological polar surface area (TPSA) is 40.6 Å². The standard InChI is InChI=1S/C13H22N2O2/c1-11(16)14-9-5-12(6-10-14)13(17)15-7-3-2-4-8-15/h12H,2-10H2,1H3. The third-order valence-corrected chi connectivity index (χ3v) is 3.96. The van der Waals surface area contributed by atoms with Gasteiger partial charge in [-0.25, -0.2) is 0 Å². The van der Waals surface area contributed by atoms with Crippen LogP contribution in [0.1, 0.15) is 39.0 Å². The maximum absolute atomic E-state index is 12.3. The minimum Gasteiger partial charge on any atom is -0.343 e. The van der Waals surface area contributed by atoms with E-state index in [2.05, 4.69) is 0 Å². The van der Waals surface area contributed by atoms with Crippen molar-refractivity contribution in [2.24, 2.45) is 5.92 Å². The Morgan fingerprint density at radius 2 is 1.47 bits per heavy atom. The molecule has 4 nitrogen and oxygen atoms in total. The van der Waals surface area contributed by atoms with Crippen molar-refractivity contribution in [1.29, 1.82) is 0 Å². The van der Waals surface area contributed by atoms with E-state index >= 15 is 0 Å². The van der Waals surface area contributed by atoms with E-state index in [9.17, 15) is 9.59 Å². The van der Waals surface area contributed by atoms with Crippen molar-refractivity contribution in [3.63, 3.8) is 0 Å². The van der Waals surface area contributed by atoms with Gasteiger partial charge < -0.3 is 9.80 Å². The molecule has 0 aromatic rings. The van der Waals surface area contributed by atoms with Gasteiger partial charge in [0.25, 0.3) is 0 Å². The highest BCUT2D eigenvalue weighted by Crippen LogP contribution is 2.21. The van der Waals surface area contributed by atoms with E-state index in [0.29, 0.717) is 5.91 Å². The molecule has 0 radical (unpaired) electrons. The lowest BCUT2D eigenvalue weighted by atomic mass is 9.94. The summed E-state index contributed by atoms with van der Waals surface area (Å²) in [5, 5.41) is 0. The van der Waals surface area contributed by atoms with Crippen molar-refractivity contribution in [1.82, 2.24) is 9.80 Å². The molecular weight excluding hydrogens is 216 g/mol. The number of carbonyl (C=O) groups excluding carboxylic acids is 2. The Morgan fingerprint density at radius 3 is 2.00 bits per heavy atom. The number of rotatable bonds is 1. The second-order valence-corrected chi connectivity index (χ2v) is 5.17. The maximum atomic E-state index is 12.3. The zero-order valence-corrected chi connectivity index (χ0v) is 10.7. The number of hydrogen-bond donors (Lipinski definition) is 0. The highest BCUT2D eigenvalue weighted by atomic mass is 16.2. The van der Waals surface area contributed by atoms with Crippen LogP contribution in [-0.2, 0) is 9.59 Å². The van der Waals surface area contributed by atoms with E-state index in [1.807, 2.05) is 9.80 Å².